The van der Waals surface area contributed by atoms with Crippen molar-refractivity contribution in [3.63, 3.8) is 0 Å². The molecule has 0 fully saturated rings. The van der Waals surface area contributed by atoms with E-state index in [1.807, 2.05) is 0 Å². The molecule has 0 saturated heterocycles. The zero-order valence-electron chi connectivity index (χ0n) is 11.5. The van der Waals surface area contributed by atoms with Crippen LogP contribution in [-0.2, 0) is 14.3 Å². The molecule has 0 amide bonds. The molecule has 0 bridgehead atoms. The molecule has 0 aliphatic rings. The van der Waals surface area contributed by atoms with Crippen LogP contribution in [-0.4, -0.2) is 23.8 Å². The minimum Gasteiger partial charge on any atom is -0.507 e. The van der Waals surface area contributed by atoms with Crippen LogP contribution in [0.3, 0.4) is 0 Å². The average molecular weight is 286 g/mol. The van der Waals surface area contributed by atoms with Crippen molar-refractivity contribution in [1.82, 2.24) is 0 Å². The SMILES string of the molecule is C=C(C)C(=O)OCOC(=O)c1ccc2c(O)cccc2c1. The van der Waals surface area contributed by atoms with Crippen molar-refractivity contribution >= 4 is 22.7 Å². The second-order valence-corrected chi connectivity index (χ2v) is 4.47. The maximum absolute atomic E-state index is 11.8. The Balaban J connectivity index is 2.06. The fraction of sp³-hybridized carbons (Fsp3) is 0.125. The molecular formula is C16H14O5. The van der Waals surface area contributed by atoms with E-state index in [4.69, 9.17) is 4.74 Å². The topological polar surface area (TPSA) is 72.8 Å². The quantitative estimate of drug-likeness (QED) is 0.531. The van der Waals surface area contributed by atoms with Gasteiger partial charge in [0, 0.05) is 11.0 Å². The van der Waals surface area contributed by atoms with Crippen molar-refractivity contribution in [2.45, 2.75) is 6.92 Å². The Morgan fingerprint density at radius 2 is 1.95 bits per heavy atom. The summed E-state index contributed by atoms with van der Waals surface area (Å²) in [5.41, 5.74) is 0.534. The summed E-state index contributed by atoms with van der Waals surface area (Å²) in [5, 5.41) is 11.0. The molecule has 0 aromatic heterocycles. The van der Waals surface area contributed by atoms with Gasteiger partial charge < -0.3 is 14.6 Å². The Morgan fingerprint density at radius 1 is 1.19 bits per heavy atom. The summed E-state index contributed by atoms with van der Waals surface area (Å²) in [6, 6.07) is 9.77. The van der Waals surface area contributed by atoms with Crippen LogP contribution >= 0.6 is 0 Å². The maximum atomic E-state index is 11.8. The van der Waals surface area contributed by atoms with Crippen molar-refractivity contribution in [2.75, 3.05) is 6.79 Å². The Hall–Kier alpha value is -2.82. The molecule has 2 rings (SSSR count). The van der Waals surface area contributed by atoms with Gasteiger partial charge in [-0.2, -0.15) is 0 Å². The Bertz CT molecular complexity index is 718. The van der Waals surface area contributed by atoms with E-state index in [0.717, 1.165) is 0 Å². The normalized spacial score (nSPS) is 10.1. The van der Waals surface area contributed by atoms with Crippen LogP contribution in [0.5, 0.6) is 5.75 Å². The van der Waals surface area contributed by atoms with Crippen molar-refractivity contribution < 1.29 is 24.2 Å². The summed E-state index contributed by atoms with van der Waals surface area (Å²) < 4.78 is 9.52. The van der Waals surface area contributed by atoms with Gasteiger partial charge in [0.15, 0.2) is 0 Å². The van der Waals surface area contributed by atoms with E-state index < -0.39 is 18.7 Å². The third-order valence-corrected chi connectivity index (χ3v) is 2.82. The van der Waals surface area contributed by atoms with Crippen molar-refractivity contribution in [3.05, 3.63) is 54.1 Å². The zero-order valence-corrected chi connectivity index (χ0v) is 11.5. The molecule has 5 heteroatoms. The highest BCUT2D eigenvalue weighted by Gasteiger charge is 2.10. The Morgan fingerprint density at radius 3 is 2.67 bits per heavy atom. The molecule has 0 unspecified atom stereocenters. The first-order chi connectivity index (χ1) is 9.99. The van der Waals surface area contributed by atoms with Crippen molar-refractivity contribution in [1.29, 1.82) is 0 Å². The summed E-state index contributed by atoms with van der Waals surface area (Å²) >= 11 is 0. The monoisotopic (exact) mass is 286 g/mol. The van der Waals surface area contributed by atoms with E-state index in [-0.39, 0.29) is 11.3 Å². The second kappa shape index (κ2) is 6.09. The van der Waals surface area contributed by atoms with Gasteiger partial charge in [-0.25, -0.2) is 9.59 Å². The zero-order chi connectivity index (χ0) is 15.4. The number of esters is 2. The number of ether oxygens (including phenoxy) is 2. The molecule has 0 heterocycles. The van der Waals surface area contributed by atoms with Crippen molar-refractivity contribution in [3.8, 4) is 5.75 Å². The molecular weight excluding hydrogens is 272 g/mol. The number of phenolic OH excluding ortho intramolecular Hbond substituents is 1. The van der Waals surface area contributed by atoms with Gasteiger partial charge in [0.05, 0.1) is 5.56 Å². The number of aromatic hydroxyl groups is 1. The molecule has 2 aromatic carbocycles. The van der Waals surface area contributed by atoms with E-state index in [2.05, 4.69) is 11.3 Å². The Labute approximate surface area is 121 Å². The first-order valence-electron chi connectivity index (χ1n) is 6.20. The van der Waals surface area contributed by atoms with Crippen LogP contribution in [0.1, 0.15) is 17.3 Å². The molecule has 0 spiro atoms. The number of fused-ring (bicyclic) bond motifs is 1. The molecule has 2 aromatic rings. The fourth-order valence-corrected chi connectivity index (χ4v) is 1.74. The minimum atomic E-state index is -0.619. The number of hydrogen-bond donors (Lipinski definition) is 1. The lowest BCUT2D eigenvalue weighted by Gasteiger charge is -2.07. The van der Waals surface area contributed by atoms with Crippen LogP contribution in [0.25, 0.3) is 10.8 Å². The van der Waals surface area contributed by atoms with Gasteiger partial charge in [0.2, 0.25) is 6.79 Å². The number of rotatable bonds is 4. The van der Waals surface area contributed by atoms with Gasteiger partial charge in [0.25, 0.3) is 0 Å². The summed E-state index contributed by atoms with van der Waals surface area (Å²) in [5.74, 6) is -1.09. The highest BCUT2D eigenvalue weighted by atomic mass is 16.7. The minimum absolute atomic E-state index is 0.141. The summed E-state index contributed by atoms with van der Waals surface area (Å²) in [6.07, 6.45) is 0. The van der Waals surface area contributed by atoms with E-state index >= 15 is 0 Å². The molecule has 0 atom stereocenters. The number of hydrogen-bond acceptors (Lipinski definition) is 5. The number of phenols is 1. The first-order valence-corrected chi connectivity index (χ1v) is 6.20. The maximum Gasteiger partial charge on any atom is 0.341 e. The number of carbonyl (C=O) groups is 2. The van der Waals surface area contributed by atoms with E-state index in [1.54, 1.807) is 30.3 Å². The molecule has 1 N–H and O–H groups in total. The summed E-state index contributed by atoms with van der Waals surface area (Å²) in [7, 11) is 0. The second-order valence-electron chi connectivity index (χ2n) is 4.47. The van der Waals surface area contributed by atoms with Gasteiger partial charge in [0.1, 0.15) is 5.75 Å². The molecule has 0 aliphatic carbocycles. The van der Waals surface area contributed by atoms with Crippen molar-refractivity contribution in [2.24, 2.45) is 0 Å². The van der Waals surface area contributed by atoms with Gasteiger partial charge in [-0.05, 0) is 36.6 Å². The first kappa shape index (κ1) is 14.6. The van der Waals surface area contributed by atoms with Gasteiger partial charge in [-0.3, -0.25) is 0 Å². The van der Waals surface area contributed by atoms with Crippen LogP contribution in [0.4, 0.5) is 0 Å². The predicted octanol–water partition coefficient (Wildman–Crippen LogP) is 2.78. The smallest absolute Gasteiger partial charge is 0.341 e. The molecule has 0 aliphatic heterocycles. The lowest BCUT2D eigenvalue weighted by molar-refractivity contribution is -0.147. The summed E-state index contributed by atoms with van der Waals surface area (Å²) in [6.45, 7) is 4.44. The Kier molecular flexibility index (Phi) is 4.23. The largest absolute Gasteiger partial charge is 0.507 e. The van der Waals surface area contributed by atoms with Gasteiger partial charge in [-0.15, -0.1) is 0 Å². The van der Waals surface area contributed by atoms with E-state index in [1.165, 1.54) is 13.0 Å². The molecule has 0 saturated carbocycles. The third kappa shape index (κ3) is 3.39. The fourth-order valence-electron chi connectivity index (χ4n) is 1.74. The molecule has 21 heavy (non-hydrogen) atoms. The molecule has 5 nitrogen and oxygen atoms in total. The third-order valence-electron chi connectivity index (χ3n) is 2.82. The molecule has 108 valence electrons. The van der Waals surface area contributed by atoms with Gasteiger partial charge in [-0.1, -0.05) is 18.7 Å². The highest BCUT2D eigenvalue weighted by Crippen LogP contribution is 2.25. The van der Waals surface area contributed by atoms with Crippen LogP contribution in [0.2, 0.25) is 0 Å². The standard InChI is InChI=1S/C16H14O5/c1-10(2)15(18)20-9-21-16(19)12-6-7-13-11(8-12)4-3-5-14(13)17/h3-8,17H,1,9H2,2H3. The summed E-state index contributed by atoms with van der Waals surface area (Å²) in [4.78, 5) is 23.0. The van der Waals surface area contributed by atoms with Crippen LogP contribution in [0.15, 0.2) is 48.6 Å². The molecule has 0 radical (unpaired) electrons. The average Bonchev–Trinajstić information content (AvgIpc) is 2.46. The number of benzene rings is 2. The lowest BCUT2D eigenvalue weighted by atomic mass is 10.1. The van der Waals surface area contributed by atoms with Crippen LogP contribution < -0.4 is 0 Å². The van der Waals surface area contributed by atoms with E-state index in [0.29, 0.717) is 16.3 Å². The lowest BCUT2D eigenvalue weighted by Crippen LogP contribution is -2.13. The predicted molar refractivity (Wildman–Crippen MR) is 76.8 cm³/mol. The highest BCUT2D eigenvalue weighted by molar-refractivity contribution is 5.97. The van der Waals surface area contributed by atoms with Crippen LogP contribution in [0, 0.1) is 0 Å². The van der Waals surface area contributed by atoms with Gasteiger partial charge >= 0.3 is 11.9 Å². The number of carbonyl (C=O) groups excluding carboxylic acids is 2. The van der Waals surface area contributed by atoms with E-state index in [9.17, 15) is 14.7 Å².